The van der Waals surface area contributed by atoms with E-state index in [2.05, 4.69) is 10.3 Å². The number of benzene rings is 2. The van der Waals surface area contributed by atoms with E-state index in [0.29, 0.717) is 6.07 Å². The van der Waals surface area contributed by atoms with Crippen LogP contribution in [-0.4, -0.2) is 24.1 Å². The van der Waals surface area contributed by atoms with Crippen LogP contribution in [0.1, 0.15) is 13.8 Å². The molecule has 8 heteroatoms. The van der Waals surface area contributed by atoms with E-state index in [-0.39, 0.29) is 5.82 Å². The van der Waals surface area contributed by atoms with Gasteiger partial charge in [0.15, 0.2) is 9.84 Å². The van der Waals surface area contributed by atoms with Crippen molar-refractivity contribution in [1.82, 2.24) is 4.98 Å². The number of nitrogens with zero attached hydrogens (tertiary/aromatic N) is 1. The number of amides is 1. The van der Waals surface area contributed by atoms with Crippen molar-refractivity contribution in [1.29, 1.82) is 0 Å². The third-order valence-electron chi connectivity index (χ3n) is 4.27. The van der Waals surface area contributed by atoms with Crippen LogP contribution in [0.3, 0.4) is 0 Å². The summed E-state index contributed by atoms with van der Waals surface area (Å²) >= 11 is 0. The number of aromatic nitrogens is 1. The summed E-state index contributed by atoms with van der Waals surface area (Å²) in [5, 5.41) is 4.13. The van der Waals surface area contributed by atoms with Crippen LogP contribution in [0.2, 0.25) is 0 Å². The van der Waals surface area contributed by atoms with Gasteiger partial charge < -0.3 is 5.32 Å². The molecule has 1 N–H and O–H groups in total. The van der Waals surface area contributed by atoms with E-state index in [1.807, 2.05) is 24.3 Å². The van der Waals surface area contributed by atoms with Crippen molar-refractivity contribution in [2.75, 3.05) is 5.32 Å². The van der Waals surface area contributed by atoms with Crippen LogP contribution >= 0.6 is 0 Å². The molecule has 3 rings (SSSR count). The average Bonchev–Trinajstić information content (AvgIpc) is 2.61. The quantitative estimate of drug-likeness (QED) is 0.689. The molecule has 2 aromatic carbocycles. The largest absolute Gasteiger partial charge is 0.309 e. The molecule has 1 heterocycles. The van der Waals surface area contributed by atoms with Gasteiger partial charge in [0.1, 0.15) is 27.1 Å². The molecule has 0 saturated carbocycles. The van der Waals surface area contributed by atoms with Crippen LogP contribution in [0, 0.1) is 11.6 Å². The first-order chi connectivity index (χ1) is 12.6. The fraction of sp³-hybridized carbons (Fsp3) is 0.158. The van der Waals surface area contributed by atoms with Gasteiger partial charge >= 0.3 is 0 Å². The molecule has 0 unspecified atom stereocenters. The zero-order valence-corrected chi connectivity index (χ0v) is 15.3. The van der Waals surface area contributed by atoms with Crippen molar-refractivity contribution in [2.24, 2.45) is 0 Å². The maximum atomic E-state index is 14.0. The minimum atomic E-state index is -4.43. The van der Waals surface area contributed by atoms with Gasteiger partial charge in [-0.05, 0) is 37.4 Å². The number of rotatable bonds is 4. The van der Waals surface area contributed by atoms with E-state index in [4.69, 9.17) is 0 Å². The molecule has 0 fully saturated rings. The number of anilines is 1. The third-order valence-corrected chi connectivity index (χ3v) is 6.71. The Morgan fingerprint density at radius 2 is 1.70 bits per heavy atom. The Bertz CT molecular complexity index is 1140. The zero-order chi connectivity index (χ0) is 19.8. The van der Waals surface area contributed by atoms with Gasteiger partial charge in [-0.1, -0.05) is 24.3 Å². The van der Waals surface area contributed by atoms with Gasteiger partial charge in [-0.15, -0.1) is 0 Å². The molecular formula is C19H16F2N2O3S. The van der Waals surface area contributed by atoms with Gasteiger partial charge in [-0.2, -0.15) is 0 Å². The third kappa shape index (κ3) is 3.40. The summed E-state index contributed by atoms with van der Waals surface area (Å²) in [5.41, 5.74) is 0. The molecule has 0 radical (unpaired) electrons. The molecule has 0 aliphatic carbocycles. The number of hydrogen-bond donors (Lipinski definition) is 1. The molecular weight excluding hydrogens is 374 g/mol. The maximum Gasteiger partial charge on any atom is 0.246 e. The van der Waals surface area contributed by atoms with Crippen molar-refractivity contribution in [3.63, 3.8) is 0 Å². The molecule has 0 atom stereocenters. The predicted molar refractivity (Wildman–Crippen MR) is 98.0 cm³/mol. The Labute approximate surface area is 155 Å². The number of nitrogens with one attached hydrogen (secondary N) is 1. The Balaban J connectivity index is 1.93. The second-order valence-corrected chi connectivity index (χ2v) is 8.93. The van der Waals surface area contributed by atoms with Crippen LogP contribution < -0.4 is 5.32 Å². The van der Waals surface area contributed by atoms with Crippen molar-refractivity contribution < 1.29 is 22.0 Å². The lowest BCUT2D eigenvalue weighted by atomic mass is 10.1. The van der Waals surface area contributed by atoms with E-state index in [1.54, 1.807) is 12.3 Å². The summed E-state index contributed by atoms with van der Waals surface area (Å²) in [6.45, 7) is 2.31. The lowest BCUT2D eigenvalue weighted by molar-refractivity contribution is -0.117. The molecule has 0 spiro atoms. The van der Waals surface area contributed by atoms with Crippen LogP contribution in [0.25, 0.3) is 10.8 Å². The molecule has 0 saturated heterocycles. The number of hydrogen-bond acceptors (Lipinski definition) is 4. The van der Waals surface area contributed by atoms with Crippen molar-refractivity contribution >= 4 is 32.3 Å². The van der Waals surface area contributed by atoms with Crippen molar-refractivity contribution in [2.45, 2.75) is 23.5 Å². The van der Waals surface area contributed by atoms with Crippen LogP contribution in [-0.2, 0) is 14.6 Å². The molecule has 0 bridgehead atoms. The highest BCUT2D eigenvalue weighted by Crippen LogP contribution is 2.29. The smallest absolute Gasteiger partial charge is 0.246 e. The van der Waals surface area contributed by atoms with E-state index in [9.17, 15) is 22.0 Å². The Morgan fingerprint density at radius 1 is 1.04 bits per heavy atom. The van der Waals surface area contributed by atoms with Crippen LogP contribution in [0.4, 0.5) is 14.6 Å². The zero-order valence-electron chi connectivity index (χ0n) is 14.5. The number of pyridine rings is 1. The minimum absolute atomic E-state index is 0.168. The second kappa shape index (κ2) is 6.70. The number of carbonyl (C=O) groups is 1. The first-order valence-corrected chi connectivity index (χ1v) is 9.47. The fourth-order valence-electron chi connectivity index (χ4n) is 2.51. The molecule has 1 amide bonds. The highest BCUT2D eigenvalue weighted by atomic mass is 32.2. The van der Waals surface area contributed by atoms with E-state index >= 15 is 0 Å². The van der Waals surface area contributed by atoms with Gasteiger partial charge in [0.2, 0.25) is 5.91 Å². The van der Waals surface area contributed by atoms with Crippen molar-refractivity contribution in [3.8, 4) is 0 Å². The van der Waals surface area contributed by atoms with Gasteiger partial charge in [-0.25, -0.2) is 22.2 Å². The maximum absolute atomic E-state index is 14.0. The average molecular weight is 390 g/mol. The molecule has 3 aromatic rings. The fourth-order valence-corrected chi connectivity index (χ4v) is 3.92. The molecule has 5 nitrogen and oxygen atoms in total. The van der Waals surface area contributed by atoms with E-state index < -0.39 is 37.0 Å². The standard InChI is InChI=1S/C19H16F2N2O3S/c1-19(2,27(25,26)16-8-7-14(20)10-15(16)21)18(24)23-17-9-12-5-3-4-6-13(12)11-22-17/h3-11H,1-2H3,(H,22,23,24). The lowest BCUT2D eigenvalue weighted by Gasteiger charge is -2.24. The predicted octanol–water partition coefficient (Wildman–Crippen LogP) is 3.70. The highest BCUT2D eigenvalue weighted by Gasteiger charge is 2.44. The van der Waals surface area contributed by atoms with Gasteiger partial charge in [0, 0.05) is 17.6 Å². The second-order valence-electron chi connectivity index (χ2n) is 6.46. The van der Waals surface area contributed by atoms with Crippen molar-refractivity contribution in [3.05, 3.63) is 66.4 Å². The normalized spacial score (nSPS) is 12.1. The summed E-state index contributed by atoms with van der Waals surface area (Å²) < 4.78 is 50.6. The summed E-state index contributed by atoms with van der Waals surface area (Å²) in [6, 6.07) is 11.0. The molecule has 140 valence electrons. The SMILES string of the molecule is CC(C)(C(=O)Nc1cc2ccccc2cn1)S(=O)(=O)c1ccc(F)cc1F. The highest BCUT2D eigenvalue weighted by molar-refractivity contribution is 7.93. The summed E-state index contributed by atoms with van der Waals surface area (Å²) in [5.74, 6) is -2.87. The first kappa shape index (κ1) is 18.9. The summed E-state index contributed by atoms with van der Waals surface area (Å²) in [7, 11) is -4.43. The van der Waals surface area contributed by atoms with E-state index in [0.717, 1.165) is 36.8 Å². The minimum Gasteiger partial charge on any atom is -0.309 e. The van der Waals surface area contributed by atoms with Gasteiger partial charge in [0.25, 0.3) is 0 Å². The molecule has 0 aliphatic rings. The summed E-state index contributed by atoms with van der Waals surface area (Å²) in [4.78, 5) is 16.0. The topological polar surface area (TPSA) is 76.1 Å². The lowest BCUT2D eigenvalue weighted by Crippen LogP contribution is -2.44. The Hall–Kier alpha value is -2.87. The number of fused-ring (bicyclic) bond motifs is 1. The monoisotopic (exact) mass is 390 g/mol. The number of carbonyl (C=O) groups excluding carboxylic acids is 1. The first-order valence-electron chi connectivity index (χ1n) is 7.99. The van der Waals surface area contributed by atoms with Gasteiger partial charge in [-0.3, -0.25) is 4.79 Å². The molecule has 1 aromatic heterocycles. The molecule has 0 aliphatic heterocycles. The summed E-state index contributed by atoms with van der Waals surface area (Å²) in [6.07, 6.45) is 1.55. The Kier molecular flexibility index (Phi) is 4.69. The van der Waals surface area contributed by atoms with Gasteiger partial charge in [0.05, 0.1) is 0 Å². The molecule has 27 heavy (non-hydrogen) atoms. The van der Waals surface area contributed by atoms with E-state index in [1.165, 1.54) is 0 Å². The Morgan fingerprint density at radius 3 is 2.37 bits per heavy atom. The number of halogens is 2. The van der Waals surface area contributed by atoms with Crippen LogP contribution in [0.5, 0.6) is 0 Å². The number of sulfone groups is 1. The van der Waals surface area contributed by atoms with Crippen LogP contribution in [0.15, 0.2) is 59.6 Å².